The highest BCUT2D eigenvalue weighted by atomic mass is 28.4. The van der Waals surface area contributed by atoms with Crippen LogP contribution in [0.3, 0.4) is 0 Å². The van der Waals surface area contributed by atoms with Crippen molar-refractivity contribution in [2.45, 2.75) is 64.4 Å². The quantitative estimate of drug-likeness (QED) is 0.489. The molecule has 0 spiro atoms. The number of rotatable bonds is 3. The zero-order valence-corrected chi connectivity index (χ0v) is 13.8. The van der Waals surface area contributed by atoms with Gasteiger partial charge in [-0.05, 0) is 31.1 Å². The van der Waals surface area contributed by atoms with E-state index in [2.05, 4.69) is 39.2 Å². The molecule has 1 fully saturated rings. The van der Waals surface area contributed by atoms with Crippen LogP contribution < -0.4 is 5.32 Å². The molecule has 0 aliphatic carbocycles. The summed E-state index contributed by atoms with van der Waals surface area (Å²) in [6, 6.07) is 0. The van der Waals surface area contributed by atoms with Crippen molar-refractivity contribution in [2.24, 2.45) is 0 Å². The second-order valence-corrected chi connectivity index (χ2v) is 11.3. The van der Waals surface area contributed by atoms with Gasteiger partial charge in [0.2, 0.25) is 5.72 Å². The maximum Gasteiger partial charge on any atom is 0.360 e. The topological polar surface area (TPSA) is 64.6 Å². The van der Waals surface area contributed by atoms with E-state index in [9.17, 15) is 9.59 Å². The van der Waals surface area contributed by atoms with E-state index in [1.807, 2.05) is 0 Å². The van der Waals surface area contributed by atoms with Gasteiger partial charge in [0.25, 0.3) is 0 Å². The molecule has 6 heteroatoms. The van der Waals surface area contributed by atoms with Crippen molar-refractivity contribution in [2.75, 3.05) is 6.54 Å². The van der Waals surface area contributed by atoms with Gasteiger partial charge in [-0.2, -0.15) is 0 Å². The Morgan fingerprint density at radius 2 is 1.84 bits per heavy atom. The molecule has 1 aliphatic heterocycles. The largest absolute Gasteiger partial charge is 0.390 e. The third-order valence-corrected chi connectivity index (χ3v) is 8.39. The van der Waals surface area contributed by atoms with Crippen molar-refractivity contribution in [3.63, 3.8) is 0 Å². The van der Waals surface area contributed by atoms with Crippen LogP contribution in [0.5, 0.6) is 0 Å². The summed E-state index contributed by atoms with van der Waals surface area (Å²) < 4.78 is 11.0. The summed E-state index contributed by atoms with van der Waals surface area (Å²) in [7, 11) is -2.13. The fourth-order valence-electron chi connectivity index (χ4n) is 1.82. The normalized spacial score (nSPS) is 24.3. The third kappa shape index (κ3) is 3.64. The number of esters is 2. The smallest absolute Gasteiger partial charge is 0.360 e. The van der Waals surface area contributed by atoms with E-state index in [1.54, 1.807) is 0 Å². The third-order valence-electron chi connectivity index (χ3n) is 3.92. The predicted molar refractivity (Wildman–Crippen MR) is 75.0 cm³/mol. The van der Waals surface area contributed by atoms with Crippen molar-refractivity contribution in [1.82, 2.24) is 5.32 Å². The monoisotopic (exact) mass is 287 g/mol. The van der Waals surface area contributed by atoms with Crippen molar-refractivity contribution in [1.29, 1.82) is 0 Å². The van der Waals surface area contributed by atoms with E-state index < -0.39 is 26.0 Å². The van der Waals surface area contributed by atoms with Crippen LogP contribution in [0.15, 0.2) is 0 Å². The lowest BCUT2D eigenvalue weighted by molar-refractivity contribution is -0.173. The number of hydrogen-bond donors (Lipinski definition) is 1. The minimum Gasteiger partial charge on any atom is -0.390 e. The minimum absolute atomic E-state index is 0.0131. The molecule has 1 rings (SSSR count). The van der Waals surface area contributed by atoms with Gasteiger partial charge >= 0.3 is 11.9 Å². The molecule has 1 N–H and O–H groups in total. The molecule has 110 valence electrons. The van der Waals surface area contributed by atoms with Crippen molar-refractivity contribution < 1.29 is 18.8 Å². The highest BCUT2D eigenvalue weighted by Gasteiger charge is 2.51. The summed E-state index contributed by atoms with van der Waals surface area (Å²) in [4.78, 5) is 23.2. The molecular weight excluding hydrogens is 262 g/mol. The standard InChI is InChI=1S/C13H25NO4Si/c1-10(15)17-11(16)13(8-7-9-14-13)18-19(5,6)12(2,3)4/h14H,7-9H2,1-6H3/t13-/m1/s1. The zero-order valence-electron chi connectivity index (χ0n) is 12.8. The van der Waals surface area contributed by atoms with Crippen LogP contribution in [0.4, 0.5) is 0 Å². The first-order valence-corrected chi connectivity index (χ1v) is 9.59. The maximum absolute atomic E-state index is 12.2. The lowest BCUT2D eigenvalue weighted by atomic mass is 10.2. The van der Waals surface area contributed by atoms with Crippen molar-refractivity contribution >= 4 is 20.3 Å². The van der Waals surface area contributed by atoms with Crippen LogP contribution in [0, 0.1) is 0 Å². The Morgan fingerprint density at radius 1 is 1.26 bits per heavy atom. The van der Waals surface area contributed by atoms with Gasteiger partial charge in [0.1, 0.15) is 0 Å². The molecule has 1 atom stereocenters. The Bertz CT molecular complexity index is 367. The first-order chi connectivity index (χ1) is 8.50. The average Bonchev–Trinajstić information content (AvgIpc) is 2.63. The molecule has 1 saturated heterocycles. The van der Waals surface area contributed by atoms with Gasteiger partial charge < -0.3 is 9.16 Å². The summed E-state index contributed by atoms with van der Waals surface area (Å²) in [6.45, 7) is 12.4. The molecule has 0 aromatic rings. The molecule has 1 heterocycles. The number of nitrogens with one attached hydrogen (secondary N) is 1. The number of carbonyl (C=O) groups is 2. The highest BCUT2D eigenvalue weighted by molar-refractivity contribution is 6.74. The van der Waals surface area contributed by atoms with E-state index in [-0.39, 0.29) is 5.04 Å². The summed E-state index contributed by atoms with van der Waals surface area (Å²) in [5.74, 6) is -1.21. The molecule has 1 aliphatic rings. The molecule has 0 aromatic heterocycles. The summed E-state index contributed by atoms with van der Waals surface area (Å²) in [6.07, 6.45) is 1.38. The molecular formula is C13H25NO4Si. The van der Waals surface area contributed by atoms with Gasteiger partial charge in [-0.3, -0.25) is 10.1 Å². The second kappa shape index (κ2) is 5.34. The number of ether oxygens (including phenoxy) is 1. The van der Waals surface area contributed by atoms with Crippen LogP contribution in [0.1, 0.15) is 40.5 Å². The van der Waals surface area contributed by atoms with Gasteiger partial charge in [-0.15, -0.1) is 0 Å². The molecule has 0 bridgehead atoms. The van der Waals surface area contributed by atoms with E-state index in [0.29, 0.717) is 13.0 Å². The fraction of sp³-hybridized carbons (Fsp3) is 0.846. The molecule has 0 saturated carbocycles. The lowest BCUT2D eigenvalue weighted by Crippen LogP contribution is -2.59. The van der Waals surface area contributed by atoms with E-state index in [4.69, 9.17) is 9.16 Å². The minimum atomic E-state index is -2.13. The van der Waals surface area contributed by atoms with Crippen LogP contribution >= 0.6 is 0 Å². The van der Waals surface area contributed by atoms with Crippen molar-refractivity contribution in [3.8, 4) is 0 Å². The van der Waals surface area contributed by atoms with Crippen LogP contribution in [-0.2, 0) is 18.8 Å². The Kier molecular flexibility index (Phi) is 4.59. The lowest BCUT2D eigenvalue weighted by Gasteiger charge is -2.42. The Morgan fingerprint density at radius 3 is 2.21 bits per heavy atom. The fourth-order valence-corrected chi connectivity index (χ4v) is 3.26. The Hall–Kier alpha value is -0.723. The summed E-state index contributed by atoms with van der Waals surface area (Å²) in [5.41, 5.74) is -1.14. The molecule has 0 radical (unpaired) electrons. The highest BCUT2D eigenvalue weighted by Crippen LogP contribution is 2.40. The Labute approximate surface area is 116 Å². The van der Waals surface area contributed by atoms with Crippen LogP contribution in [0.2, 0.25) is 18.1 Å². The molecule has 19 heavy (non-hydrogen) atoms. The first kappa shape index (κ1) is 16.3. The van der Waals surface area contributed by atoms with Crippen LogP contribution in [-0.4, -0.2) is 32.5 Å². The molecule has 0 amide bonds. The summed E-state index contributed by atoms with van der Waals surface area (Å²) in [5, 5.41) is 3.08. The van der Waals surface area contributed by atoms with Gasteiger partial charge in [0.05, 0.1) is 0 Å². The summed E-state index contributed by atoms with van der Waals surface area (Å²) >= 11 is 0. The van der Waals surface area contributed by atoms with Crippen molar-refractivity contribution in [3.05, 3.63) is 0 Å². The predicted octanol–water partition coefficient (Wildman–Crippen LogP) is 2.18. The molecule has 0 aromatic carbocycles. The van der Waals surface area contributed by atoms with Gasteiger partial charge in [0, 0.05) is 13.3 Å². The first-order valence-electron chi connectivity index (χ1n) is 6.68. The van der Waals surface area contributed by atoms with E-state index >= 15 is 0 Å². The molecule has 5 nitrogen and oxygen atoms in total. The maximum atomic E-state index is 12.2. The zero-order chi connectivity index (χ0) is 14.9. The Balaban J connectivity index is 2.95. The average molecular weight is 287 g/mol. The van der Waals surface area contributed by atoms with Gasteiger partial charge in [-0.1, -0.05) is 20.8 Å². The van der Waals surface area contributed by atoms with E-state index in [0.717, 1.165) is 6.42 Å². The SMILES string of the molecule is CC(=O)OC(=O)[C@]1(O[Si](C)(C)C(C)(C)C)CCCN1. The van der Waals surface area contributed by atoms with Gasteiger partial charge in [-0.25, -0.2) is 4.79 Å². The van der Waals surface area contributed by atoms with Gasteiger partial charge in [0.15, 0.2) is 8.32 Å². The molecule has 0 unspecified atom stereocenters. The van der Waals surface area contributed by atoms with E-state index in [1.165, 1.54) is 6.92 Å². The second-order valence-electron chi connectivity index (χ2n) is 6.60. The number of hydrogen-bond acceptors (Lipinski definition) is 5. The van der Waals surface area contributed by atoms with Crippen LogP contribution in [0.25, 0.3) is 0 Å². The number of carbonyl (C=O) groups excluding carboxylic acids is 2.